The molecule has 1 saturated heterocycles. The molecule has 1 aliphatic heterocycles. The first kappa shape index (κ1) is 62.2. The number of amides is 2. The lowest BCUT2D eigenvalue weighted by atomic mass is 9.85. The molecule has 1 fully saturated rings. The van der Waals surface area contributed by atoms with Crippen LogP contribution in [-0.4, -0.2) is 113 Å². The monoisotopic (exact) mass is 1160 g/mol. The van der Waals surface area contributed by atoms with E-state index in [1.165, 1.54) is 28.6 Å². The van der Waals surface area contributed by atoms with Crippen LogP contribution in [0.15, 0.2) is 161 Å². The van der Waals surface area contributed by atoms with Crippen molar-refractivity contribution in [2.24, 2.45) is 0 Å². The van der Waals surface area contributed by atoms with Crippen molar-refractivity contribution < 1.29 is 56.0 Å². The van der Waals surface area contributed by atoms with E-state index in [0.29, 0.717) is 100 Å². The summed E-state index contributed by atoms with van der Waals surface area (Å²) in [5.41, 5.74) is 3.90. The van der Waals surface area contributed by atoms with Gasteiger partial charge in [0.15, 0.2) is 11.5 Å². The zero-order chi connectivity index (χ0) is 59.7. The third-order valence-electron chi connectivity index (χ3n) is 13.9. The van der Waals surface area contributed by atoms with E-state index in [9.17, 15) is 27.6 Å². The minimum Gasteiger partial charge on any atom is -0.491 e. The van der Waals surface area contributed by atoms with Gasteiger partial charge in [0.25, 0.3) is 11.8 Å². The number of pyridine rings is 1. The maximum atomic E-state index is 14.3. The average molecular weight is 1170 g/mol. The van der Waals surface area contributed by atoms with E-state index in [2.05, 4.69) is 10.6 Å². The number of fused-ring (bicyclic) bond motifs is 1. The fourth-order valence-electron chi connectivity index (χ4n) is 9.65. The van der Waals surface area contributed by atoms with Gasteiger partial charge in [0, 0.05) is 48.5 Å². The molecule has 0 aliphatic carbocycles. The maximum absolute atomic E-state index is 14.3. The van der Waals surface area contributed by atoms with Gasteiger partial charge in [0.1, 0.15) is 43.3 Å². The van der Waals surface area contributed by atoms with Crippen LogP contribution >= 0.6 is 0 Å². The molecule has 0 saturated carbocycles. The lowest BCUT2D eigenvalue weighted by molar-refractivity contribution is -0.153. The first-order valence-corrected chi connectivity index (χ1v) is 29.8. The molecule has 444 valence electrons. The SMILES string of the molecule is CC(C)(C)OC(=O)CNC(=O)c1ccc(S(=O)(=O)N2CCC(c3ccc(OCCOCCOCCOCCOc4cc(C(C)(C)C)c(NC(=O)c5cn(Cc6ccccc6)c6ccccc6c5=O)cc4OCc4ccccc4)cc3)CC2)cc1. The summed E-state index contributed by atoms with van der Waals surface area (Å²) in [5, 5.41) is 6.04. The molecule has 0 unspecified atom stereocenters. The van der Waals surface area contributed by atoms with Gasteiger partial charge < -0.3 is 48.4 Å². The Hall–Kier alpha value is -7.87. The number of aromatic nitrogens is 1. The predicted molar refractivity (Wildman–Crippen MR) is 323 cm³/mol. The Morgan fingerprint density at radius 2 is 1.19 bits per heavy atom. The van der Waals surface area contributed by atoms with Gasteiger partial charge in [-0.2, -0.15) is 4.31 Å². The second-order valence-electron chi connectivity index (χ2n) is 22.4. The smallest absolute Gasteiger partial charge is 0.325 e. The fourth-order valence-corrected chi connectivity index (χ4v) is 11.1. The first-order chi connectivity index (χ1) is 40.3. The van der Waals surface area contributed by atoms with Crippen LogP contribution in [-0.2, 0) is 52.3 Å². The highest BCUT2D eigenvalue weighted by Gasteiger charge is 2.31. The minimum absolute atomic E-state index is 0.0242. The molecule has 8 rings (SSSR count). The van der Waals surface area contributed by atoms with Crippen molar-refractivity contribution >= 4 is 44.4 Å². The molecule has 2 heterocycles. The Morgan fingerprint density at radius 3 is 1.81 bits per heavy atom. The summed E-state index contributed by atoms with van der Waals surface area (Å²) in [6.07, 6.45) is 2.95. The Labute approximate surface area is 492 Å². The van der Waals surface area contributed by atoms with E-state index in [4.69, 9.17) is 33.2 Å². The molecule has 18 heteroatoms. The number of hydrogen-bond acceptors (Lipinski definition) is 13. The number of para-hydroxylation sites is 1. The van der Waals surface area contributed by atoms with Crippen LogP contribution in [0, 0.1) is 0 Å². The van der Waals surface area contributed by atoms with E-state index in [0.717, 1.165) is 27.8 Å². The topological polar surface area (TPSA) is 199 Å². The summed E-state index contributed by atoms with van der Waals surface area (Å²) in [7, 11) is -3.77. The van der Waals surface area contributed by atoms with Crippen LogP contribution < -0.4 is 30.3 Å². The van der Waals surface area contributed by atoms with Crippen LogP contribution in [0.1, 0.15) is 103 Å². The number of hydrogen-bond donors (Lipinski definition) is 2. The van der Waals surface area contributed by atoms with Gasteiger partial charge >= 0.3 is 5.97 Å². The van der Waals surface area contributed by atoms with Crippen LogP contribution in [0.4, 0.5) is 5.69 Å². The summed E-state index contributed by atoms with van der Waals surface area (Å²) in [6.45, 7) is 15.2. The Kier molecular flexibility index (Phi) is 21.5. The van der Waals surface area contributed by atoms with E-state index in [-0.39, 0.29) is 53.7 Å². The van der Waals surface area contributed by atoms with Crippen molar-refractivity contribution in [3.8, 4) is 17.2 Å². The number of piperidine rings is 1. The molecule has 1 aliphatic rings. The standard InChI is InChI=1S/C66H76N4O13S/c1-65(2,3)56-41-59(60(82-46-48-17-11-8-12-18-48)42-57(56)68-64(74)55-45-69(44-47-15-9-7-10-16-47)58-20-14-13-19-54(58)62(55)72)81-40-38-79-36-34-77-33-35-78-37-39-80-52-25-21-49(22-26-52)50-29-31-70(32-30-50)84(75,76)53-27-23-51(24-28-53)63(73)67-43-61(71)83-66(4,5)6/h7-28,41-42,45,50H,29-40,43-44,46H2,1-6H3,(H,67,73)(H,68,74). The molecule has 17 nitrogen and oxygen atoms in total. The molecule has 0 spiro atoms. The van der Waals surface area contributed by atoms with Gasteiger partial charge in [-0.25, -0.2) is 8.42 Å². The van der Waals surface area contributed by atoms with Gasteiger partial charge in [0.2, 0.25) is 15.5 Å². The third-order valence-corrected chi connectivity index (χ3v) is 15.8. The number of esters is 1. The molecule has 7 aromatic rings. The number of nitrogens with zero attached hydrogens (tertiary/aromatic N) is 2. The lowest BCUT2D eigenvalue weighted by Crippen LogP contribution is -2.38. The molecule has 84 heavy (non-hydrogen) atoms. The fraction of sp³-hybridized carbons (Fsp3) is 0.364. The zero-order valence-electron chi connectivity index (χ0n) is 48.7. The van der Waals surface area contributed by atoms with Crippen molar-refractivity contribution in [2.45, 2.75) is 89.4 Å². The van der Waals surface area contributed by atoms with Gasteiger partial charge in [-0.15, -0.1) is 0 Å². The summed E-state index contributed by atoms with van der Waals surface area (Å²) in [5.74, 6) is 0.202. The summed E-state index contributed by atoms with van der Waals surface area (Å²) < 4.78 is 71.5. The van der Waals surface area contributed by atoms with Crippen molar-refractivity contribution in [1.29, 1.82) is 0 Å². The summed E-state index contributed by atoms with van der Waals surface area (Å²) in [4.78, 5) is 52.8. The minimum atomic E-state index is -3.77. The normalized spacial score (nSPS) is 13.3. The molecule has 2 amide bonds. The predicted octanol–water partition coefficient (Wildman–Crippen LogP) is 10.3. The number of nitrogens with one attached hydrogen (secondary N) is 2. The van der Waals surface area contributed by atoms with E-state index in [1.807, 2.05) is 128 Å². The largest absolute Gasteiger partial charge is 0.491 e. The second kappa shape index (κ2) is 29.1. The summed E-state index contributed by atoms with van der Waals surface area (Å²) in [6, 6.07) is 44.2. The number of carbonyl (C=O) groups is 3. The van der Waals surface area contributed by atoms with Crippen LogP contribution in [0.5, 0.6) is 17.2 Å². The van der Waals surface area contributed by atoms with E-state index < -0.39 is 38.8 Å². The molecule has 0 atom stereocenters. The number of sulfonamides is 1. The van der Waals surface area contributed by atoms with Gasteiger partial charge in [-0.05, 0) is 122 Å². The van der Waals surface area contributed by atoms with Crippen LogP contribution in [0.2, 0.25) is 0 Å². The van der Waals surface area contributed by atoms with Crippen LogP contribution in [0.25, 0.3) is 10.9 Å². The van der Waals surface area contributed by atoms with Gasteiger partial charge in [-0.3, -0.25) is 19.2 Å². The summed E-state index contributed by atoms with van der Waals surface area (Å²) >= 11 is 0. The lowest BCUT2D eigenvalue weighted by Gasteiger charge is -2.31. The molecule has 0 bridgehead atoms. The van der Waals surface area contributed by atoms with Crippen molar-refractivity contribution in [3.05, 3.63) is 195 Å². The molecular formula is C66H76N4O13S. The Morgan fingerprint density at radius 1 is 0.619 bits per heavy atom. The highest BCUT2D eigenvalue weighted by Crippen LogP contribution is 2.40. The van der Waals surface area contributed by atoms with Crippen molar-refractivity contribution in [1.82, 2.24) is 14.2 Å². The number of carbonyl (C=O) groups excluding carboxylic acids is 3. The quantitative estimate of drug-likeness (QED) is 0.0365. The van der Waals surface area contributed by atoms with Crippen LogP contribution in [0.3, 0.4) is 0 Å². The number of anilines is 1. The maximum Gasteiger partial charge on any atom is 0.325 e. The van der Waals surface area contributed by atoms with E-state index in [1.54, 1.807) is 45.2 Å². The molecular weight excluding hydrogens is 1090 g/mol. The highest BCUT2D eigenvalue weighted by atomic mass is 32.2. The molecule has 6 aromatic carbocycles. The molecule has 2 N–H and O–H groups in total. The average Bonchev–Trinajstić information content (AvgIpc) is 3.33. The Balaban J connectivity index is 0.739. The van der Waals surface area contributed by atoms with Crippen molar-refractivity contribution in [2.75, 3.05) is 77.8 Å². The van der Waals surface area contributed by atoms with E-state index >= 15 is 0 Å². The van der Waals surface area contributed by atoms with Gasteiger partial charge in [0.05, 0.1) is 50.1 Å². The van der Waals surface area contributed by atoms with Crippen molar-refractivity contribution in [3.63, 3.8) is 0 Å². The number of rotatable bonds is 27. The second-order valence-corrected chi connectivity index (χ2v) is 24.3. The van der Waals surface area contributed by atoms with Gasteiger partial charge in [-0.1, -0.05) is 106 Å². The number of benzene rings is 6. The Bertz CT molecular complexity index is 3480. The highest BCUT2D eigenvalue weighted by molar-refractivity contribution is 7.89. The zero-order valence-corrected chi connectivity index (χ0v) is 49.5. The third kappa shape index (κ3) is 17.6. The molecule has 1 aromatic heterocycles. The molecule has 0 radical (unpaired) electrons. The number of ether oxygens (including phenoxy) is 7. The first-order valence-electron chi connectivity index (χ1n) is 28.3.